The largest absolute Gasteiger partial charge is 0.382 e. The van der Waals surface area contributed by atoms with Gasteiger partial charge in [0.25, 0.3) is 0 Å². The minimum atomic E-state index is -1.42. The molecule has 0 radical (unpaired) electrons. The lowest BCUT2D eigenvalue weighted by Crippen LogP contribution is -2.49. The highest BCUT2D eigenvalue weighted by atomic mass is 35.5. The molecule has 2 aromatic rings. The van der Waals surface area contributed by atoms with E-state index in [1.165, 1.54) is 30.3 Å². The smallest absolute Gasteiger partial charge is 0.194 e. The van der Waals surface area contributed by atoms with Gasteiger partial charge in [0.1, 0.15) is 11.4 Å². The normalized spacial score (nSPS) is 16.0. The number of rotatable bonds is 7. The summed E-state index contributed by atoms with van der Waals surface area (Å²) >= 11 is 11.9. The van der Waals surface area contributed by atoms with Gasteiger partial charge in [-0.2, -0.15) is 0 Å². The summed E-state index contributed by atoms with van der Waals surface area (Å²) in [5, 5.41) is 11.5. The van der Waals surface area contributed by atoms with Crippen LogP contribution in [0.5, 0.6) is 0 Å². The van der Waals surface area contributed by atoms with Crippen LogP contribution in [0.4, 0.5) is 4.39 Å². The summed E-state index contributed by atoms with van der Waals surface area (Å²) in [5.41, 5.74) is -0.565. The Balaban J connectivity index is 0.00000320. The van der Waals surface area contributed by atoms with E-state index in [1.54, 1.807) is 12.1 Å². The first-order chi connectivity index (χ1) is 13.8. The van der Waals surface area contributed by atoms with Crippen LogP contribution >= 0.6 is 35.6 Å². The van der Waals surface area contributed by atoms with E-state index in [4.69, 9.17) is 23.2 Å². The number of halogens is 4. The van der Waals surface area contributed by atoms with Crippen molar-refractivity contribution in [3.63, 3.8) is 0 Å². The van der Waals surface area contributed by atoms with Crippen LogP contribution in [-0.4, -0.2) is 46.8 Å². The van der Waals surface area contributed by atoms with Crippen molar-refractivity contribution in [2.45, 2.75) is 31.3 Å². The molecule has 1 aliphatic heterocycles. The Kier molecular flexibility index (Phi) is 8.83. The summed E-state index contributed by atoms with van der Waals surface area (Å²) in [7, 11) is 0. The Hall–Kier alpha value is -1.50. The molecule has 1 saturated heterocycles. The van der Waals surface area contributed by atoms with E-state index in [9.17, 15) is 19.1 Å². The first-order valence-electron chi connectivity index (χ1n) is 9.52. The topological polar surface area (TPSA) is 57.6 Å². The zero-order valence-corrected chi connectivity index (χ0v) is 18.6. The molecule has 1 heterocycles. The molecule has 1 fully saturated rings. The van der Waals surface area contributed by atoms with Gasteiger partial charge in [-0.3, -0.25) is 9.59 Å². The quantitative estimate of drug-likeness (QED) is 0.559. The number of carbonyl (C=O) groups excluding carboxylic acids is 2. The molecule has 0 bridgehead atoms. The molecule has 162 valence electrons. The molecular weight excluding hydrogens is 452 g/mol. The van der Waals surface area contributed by atoms with E-state index in [-0.39, 0.29) is 34.8 Å². The van der Waals surface area contributed by atoms with Crippen LogP contribution in [0.25, 0.3) is 0 Å². The zero-order valence-electron chi connectivity index (χ0n) is 16.2. The minimum absolute atomic E-state index is 0. The lowest BCUT2D eigenvalue weighted by atomic mass is 9.84. The van der Waals surface area contributed by atoms with Gasteiger partial charge in [0.15, 0.2) is 11.6 Å². The summed E-state index contributed by atoms with van der Waals surface area (Å²) < 4.78 is 12.9. The molecule has 8 heteroatoms. The molecule has 0 spiro atoms. The van der Waals surface area contributed by atoms with Crippen molar-refractivity contribution in [2.75, 3.05) is 19.6 Å². The van der Waals surface area contributed by atoms with E-state index >= 15 is 0 Å². The predicted molar refractivity (Wildman–Crippen MR) is 119 cm³/mol. The highest BCUT2D eigenvalue weighted by Gasteiger charge is 2.39. The van der Waals surface area contributed by atoms with Crippen molar-refractivity contribution in [2.24, 2.45) is 0 Å². The fourth-order valence-electron chi connectivity index (χ4n) is 3.52. The number of Topliss-reactive ketones (excluding diaryl/α,β-unsaturated/α-hetero) is 2. The van der Waals surface area contributed by atoms with Gasteiger partial charge in [-0.15, -0.1) is 12.4 Å². The number of hydrogen-bond donors (Lipinski definition) is 1. The summed E-state index contributed by atoms with van der Waals surface area (Å²) in [4.78, 5) is 27.0. The summed E-state index contributed by atoms with van der Waals surface area (Å²) in [6, 6.07) is 10.2. The molecule has 1 aliphatic rings. The van der Waals surface area contributed by atoms with Gasteiger partial charge in [0.05, 0.1) is 10.0 Å². The van der Waals surface area contributed by atoms with Gasteiger partial charge < -0.3 is 10.0 Å². The van der Waals surface area contributed by atoms with Crippen molar-refractivity contribution >= 4 is 47.2 Å². The number of ketones is 2. The van der Waals surface area contributed by atoms with Crippen LogP contribution < -0.4 is 0 Å². The Morgan fingerprint density at radius 1 is 1.00 bits per heavy atom. The molecule has 0 atom stereocenters. The molecule has 30 heavy (non-hydrogen) atoms. The SMILES string of the molecule is Cl.O=C(CCCN1CCC(O)(C(=O)c2ccc(Cl)c(Cl)c2)CC1)c1ccc(F)cc1. The van der Waals surface area contributed by atoms with Crippen LogP contribution in [0.3, 0.4) is 0 Å². The summed E-state index contributed by atoms with van der Waals surface area (Å²) in [6.07, 6.45) is 1.67. The van der Waals surface area contributed by atoms with Gasteiger partial charge >= 0.3 is 0 Å². The van der Waals surface area contributed by atoms with Crippen molar-refractivity contribution in [3.8, 4) is 0 Å². The van der Waals surface area contributed by atoms with E-state index in [1.807, 2.05) is 0 Å². The Labute approximate surface area is 191 Å². The highest BCUT2D eigenvalue weighted by molar-refractivity contribution is 6.42. The van der Waals surface area contributed by atoms with E-state index in [0.717, 1.165) is 0 Å². The van der Waals surface area contributed by atoms with E-state index < -0.39 is 5.60 Å². The van der Waals surface area contributed by atoms with Crippen LogP contribution in [0.1, 0.15) is 46.4 Å². The molecule has 1 N–H and O–H groups in total. The van der Waals surface area contributed by atoms with Gasteiger partial charge in [-0.25, -0.2) is 4.39 Å². The van der Waals surface area contributed by atoms with Gasteiger partial charge in [-0.05, 0) is 68.3 Å². The molecule has 0 amide bonds. The molecular formula is C22H23Cl3FNO3. The highest BCUT2D eigenvalue weighted by Crippen LogP contribution is 2.29. The van der Waals surface area contributed by atoms with Crippen molar-refractivity contribution in [1.82, 2.24) is 4.90 Å². The monoisotopic (exact) mass is 473 g/mol. The third kappa shape index (κ3) is 6.02. The summed E-state index contributed by atoms with van der Waals surface area (Å²) in [6.45, 7) is 1.83. The fraction of sp³-hybridized carbons (Fsp3) is 0.364. The maximum Gasteiger partial charge on any atom is 0.194 e. The van der Waals surface area contributed by atoms with E-state index in [0.29, 0.717) is 61.5 Å². The second-order valence-corrected chi connectivity index (χ2v) is 8.18. The maximum atomic E-state index is 12.9. The summed E-state index contributed by atoms with van der Waals surface area (Å²) in [5.74, 6) is -0.728. The second kappa shape index (κ2) is 10.7. The minimum Gasteiger partial charge on any atom is -0.382 e. The average molecular weight is 475 g/mol. The third-order valence-electron chi connectivity index (χ3n) is 5.33. The number of likely N-dealkylation sites (tertiary alicyclic amines) is 1. The predicted octanol–water partition coefficient (Wildman–Crippen LogP) is 5.23. The van der Waals surface area contributed by atoms with E-state index in [2.05, 4.69) is 4.90 Å². The van der Waals surface area contributed by atoms with Crippen molar-refractivity contribution < 1.29 is 19.1 Å². The fourth-order valence-corrected chi connectivity index (χ4v) is 3.82. The lowest BCUT2D eigenvalue weighted by molar-refractivity contribution is -0.00648. The van der Waals surface area contributed by atoms with Crippen molar-refractivity contribution in [1.29, 1.82) is 0 Å². The first-order valence-corrected chi connectivity index (χ1v) is 10.3. The average Bonchev–Trinajstić information content (AvgIpc) is 2.71. The second-order valence-electron chi connectivity index (χ2n) is 7.36. The Bertz CT molecular complexity index is 897. The van der Waals surface area contributed by atoms with Gasteiger partial charge in [0.2, 0.25) is 0 Å². The van der Waals surface area contributed by atoms with Crippen LogP contribution in [0.15, 0.2) is 42.5 Å². The number of hydrogen-bond acceptors (Lipinski definition) is 4. The molecule has 4 nitrogen and oxygen atoms in total. The van der Waals surface area contributed by atoms with Gasteiger partial charge in [-0.1, -0.05) is 23.2 Å². The number of nitrogens with zero attached hydrogens (tertiary/aromatic N) is 1. The molecule has 0 aromatic heterocycles. The number of benzene rings is 2. The molecule has 0 unspecified atom stereocenters. The Morgan fingerprint density at radius 3 is 2.20 bits per heavy atom. The maximum absolute atomic E-state index is 12.9. The third-order valence-corrected chi connectivity index (χ3v) is 6.07. The molecule has 0 aliphatic carbocycles. The number of piperidine rings is 1. The zero-order chi connectivity index (χ0) is 21.0. The molecule has 0 saturated carbocycles. The van der Waals surface area contributed by atoms with Crippen molar-refractivity contribution in [3.05, 3.63) is 69.5 Å². The standard InChI is InChI=1S/C22H22Cl2FNO3.ClH/c23-18-8-5-16(14-19(18)24)21(28)22(29)9-12-26(13-10-22)11-1-2-20(27)15-3-6-17(25)7-4-15;/h3-8,14,29H,1-2,9-13H2;1H. The lowest BCUT2D eigenvalue weighted by Gasteiger charge is -2.37. The first kappa shape index (κ1) is 24.8. The van der Waals surface area contributed by atoms with Gasteiger partial charge in [0, 0.05) is 30.6 Å². The van der Waals surface area contributed by atoms with Crippen LogP contribution in [0.2, 0.25) is 10.0 Å². The number of carbonyl (C=O) groups is 2. The Morgan fingerprint density at radius 2 is 1.60 bits per heavy atom. The molecule has 2 aromatic carbocycles. The molecule has 3 rings (SSSR count). The van der Waals surface area contributed by atoms with Crippen LogP contribution in [-0.2, 0) is 0 Å². The van der Waals surface area contributed by atoms with Crippen LogP contribution in [0, 0.1) is 5.82 Å². The number of aliphatic hydroxyl groups is 1.